The van der Waals surface area contributed by atoms with Gasteiger partial charge in [0.15, 0.2) is 5.96 Å². The highest BCUT2D eigenvalue weighted by atomic mass is 16.5. The van der Waals surface area contributed by atoms with Gasteiger partial charge in [-0.05, 0) is 51.1 Å². The minimum Gasteiger partial charge on any atom is -0.496 e. The Hall–Kier alpha value is -3.06. The minimum atomic E-state index is 0.208. The number of aliphatic imine (C=N–C) groups is 1. The fourth-order valence-electron chi connectivity index (χ4n) is 4.35. The van der Waals surface area contributed by atoms with Gasteiger partial charge >= 0.3 is 0 Å². The quantitative estimate of drug-likeness (QED) is 0.355. The first-order valence-corrected chi connectivity index (χ1v) is 11.6. The van der Waals surface area contributed by atoms with Crippen LogP contribution in [-0.4, -0.2) is 60.7 Å². The highest BCUT2D eigenvalue weighted by Crippen LogP contribution is 2.31. The van der Waals surface area contributed by atoms with E-state index in [9.17, 15) is 0 Å². The lowest BCUT2D eigenvalue weighted by Crippen LogP contribution is -2.39. The summed E-state index contributed by atoms with van der Waals surface area (Å²) >= 11 is 0. The molecule has 2 aromatic carbocycles. The van der Waals surface area contributed by atoms with Crippen molar-refractivity contribution in [1.82, 2.24) is 25.5 Å². The lowest BCUT2D eigenvalue weighted by Gasteiger charge is -2.28. The number of para-hydroxylation sites is 3. The average molecular weight is 435 g/mol. The molecule has 7 nitrogen and oxygen atoms in total. The van der Waals surface area contributed by atoms with Crippen molar-refractivity contribution in [3.05, 3.63) is 59.9 Å². The number of hydrogen-bond donors (Lipinski definition) is 3. The Balaban J connectivity index is 1.43. The number of methoxy groups -OCH3 is 1. The summed E-state index contributed by atoms with van der Waals surface area (Å²) in [4.78, 5) is 15.5. The van der Waals surface area contributed by atoms with E-state index in [0.29, 0.717) is 6.54 Å². The Morgan fingerprint density at radius 2 is 1.91 bits per heavy atom. The van der Waals surface area contributed by atoms with E-state index in [-0.39, 0.29) is 6.04 Å². The van der Waals surface area contributed by atoms with Gasteiger partial charge in [0.05, 0.1) is 30.7 Å². The molecule has 7 heteroatoms. The van der Waals surface area contributed by atoms with Crippen molar-refractivity contribution in [1.29, 1.82) is 0 Å². The van der Waals surface area contributed by atoms with Crippen molar-refractivity contribution in [2.24, 2.45) is 4.99 Å². The fraction of sp³-hybridized carbons (Fsp3) is 0.440. The smallest absolute Gasteiger partial charge is 0.191 e. The molecule has 0 saturated carbocycles. The van der Waals surface area contributed by atoms with Crippen molar-refractivity contribution >= 4 is 17.0 Å². The third-order valence-electron chi connectivity index (χ3n) is 5.94. The monoisotopic (exact) mass is 434 g/mol. The number of benzene rings is 2. The zero-order valence-electron chi connectivity index (χ0n) is 19.1. The lowest BCUT2D eigenvalue weighted by atomic mass is 10.0. The second kappa shape index (κ2) is 11.0. The summed E-state index contributed by atoms with van der Waals surface area (Å²) in [6.07, 6.45) is 3.29. The number of H-pyrrole nitrogens is 1. The number of guanidine groups is 1. The van der Waals surface area contributed by atoms with Gasteiger partial charge in [-0.15, -0.1) is 0 Å². The molecule has 3 N–H and O–H groups in total. The fourth-order valence-corrected chi connectivity index (χ4v) is 4.35. The molecule has 3 aromatic rings. The molecule has 32 heavy (non-hydrogen) atoms. The van der Waals surface area contributed by atoms with Gasteiger partial charge in [0.25, 0.3) is 0 Å². The van der Waals surface area contributed by atoms with Crippen LogP contribution in [0.5, 0.6) is 5.75 Å². The summed E-state index contributed by atoms with van der Waals surface area (Å²) in [6.45, 7) is 6.56. The van der Waals surface area contributed by atoms with Crippen molar-refractivity contribution in [3.63, 3.8) is 0 Å². The number of rotatable bonds is 9. The molecule has 0 amide bonds. The number of fused-ring (bicyclic) bond motifs is 1. The molecule has 1 saturated heterocycles. The molecule has 0 spiro atoms. The average Bonchev–Trinajstić information content (AvgIpc) is 3.49. The van der Waals surface area contributed by atoms with E-state index >= 15 is 0 Å². The standard InChI is InChI=1S/C25H34N6O/c1-3-26-25(27-15-14-24-29-20-11-5-6-12-21(20)30-24)28-18-22(31-16-8-9-17-31)19-10-4-7-13-23(19)32-2/h4-7,10-13,22H,3,8-9,14-18H2,1-2H3,(H,29,30)(H2,26,27,28). The first kappa shape index (κ1) is 22.1. The van der Waals surface area contributed by atoms with E-state index in [1.807, 2.05) is 30.3 Å². The number of likely N-dealkylation sites (tertiary alicyclic amines) is 1. The molecule has 1 aromatic heterocycles. The number of imidazole rings is 1. The zero-order valence-corrected chi connectivity index (χ0v) is 19.1. The van der Waals surface area contributed by atoms with Crippen LogP contribution in [0.15, 0.2) is 53.5 Å². The Labute approximate surface area is 190 Å². The normalized spacial score (nSPS) is 15.8. The van der Waals surface area contributed by atoms with Crippen molar-refractivity contribution in [3.8, 4) is 5.75 Å². The van der Waals surface area contributed by atoms with E-state index in [1.165, 1.54) is 18.4 Å². The van der Waals surface area contributed by atoms with Gasteiger partial charge in [-0.25, -0.2) is 4.98 Å². The molecule has 0 radical (unpaired) electrons. The predicted molar refractivity (Wildman–Crippen MR) is 130 cm³/mol. The van der Waals surface area contributed by atoms with E-state index in [0.717, 1.165) is 61.2 Å². The van der Waals surface area contributed by atoms with Crippen LogP contribution in [-0.2, 0) is 6.42 Å². The summed E-state index contributed by atoms with van der Waals surface area (Å²) in [7, 11) is 1.74. The number of nitrogens with zero attached hydrogens (tertiary/aromatic N) is 3. The maximum Gasteiger partial charge on any atom is 0.191 e. The van der Waals surface area contributed by atoms with Gasteiger partial charge in [-0.1, -0.05) is 30.3 Å². The van der Waals surface area contributed by atoms with Gasteiger partial charge in [-0.3, -0.25) is 9.89 Å². The lowest BCUT2D eigenvalue weighted by molar-refractivity contribution is 0.245. The van der Waals surface area contributed by atoms with Crippen LogP contribution in [0, 0.1) is 0 Å². The van der Waals surface area contributed by atoms with Crippen LogP contribution in [0.1, 0.15) is 37.2 Å². The van der Waals surface area contributed by atoms with Crippen LogP contribution in [0.25, 0.3) is 11.0 Å². The molecule has 4 rings (SSSR count). The molecule has 1 unspecified atom stereocenters. The second-order valence-corrected chi connectivity index (χ2v) is 8.10. The zero-order chi connectivity index (χ0) is 22.2. The van der Waals surface area contributed by atoms with Crippen LogP contribution in [0.2, 0.25) is 0 Å². The highest BCUT2D eigenvalue weighted by molar-refractivity contribution is 5.79. The summed E-state index contributed by atoms with van der Waals surface area (Å²) < 4.78 is 5.66. The third kappa shape index (κ3) is 5.40. The minimum absolute atomic E-state index is 0.208. The van der Waals surface area contributed by atoms with Gasteiger partial charge < -0.3 is 20.4 Å². The summed E-state index contributed by atoms with van der Waals surface area (Å²) in [5, 5.41) is 6.85. The van der Waals surface area contributed by atoms with E-state index in [2.05, 4.69) is 50.6 Å². The van der Waals surface area contributed by atoms with Gasteiger partial charge in [-0.2, -0.15) is 0 Å². The van der Waals surface area contributed by atoms with Gasteiger partial charge in [0, 0.05) is 25.1 Å². The van der Waals surface area contributed by atoms with Crippen molar-refractivity contribution in [2.75, 3.05) is 39.8 Å². The Kier molecular flexibility index (Phi) is 7.61. The van der Waals surface area contributed by atoms with Gasteiger partial charge in [0.2, 0.25) is 0 Å². The van der Waals surface area contributed by atoms with Crippen LogP contribution in [0.3, 0.4) is 0 Å². The molecule has 1 aliphatic heterocycles. The molecule has 1 fully saturated rings. The van der Waals surface area contributed by atoms with E-state index in [1.54, 1.807) is 7.11 Å². The predicted octanol–water partition coefficient (Wildman–Crippen LogP) is 3.51. The highest BCUT2D eigenvalue weighted by Gasteiger charge is 2.25. The molecule has 2 heterocycles. The second-order valence-electron chi connectivity index (χ2n) is 8.10. The largest absolute Gasteiger partial charge is 0.496 e. The van der Waals surface area contributed by atoms with Crippen molar-refractivity contribution < 1.29 is 4.74 Å². The third-order valence-corrected chi connectivity index (χ3v) is 5.94. The van der Waals surface area contributed by atoms with E-state index in [4.69, 9.17) is 9.73 Å². The topological polar surface area (TPSA) is 77.6 Å². The van der Waals surface area contributed by atoms with E-state index < -0.39 is 0 Å². The Bertz CT molecular complexity index is 991. The molecular formula is C25H34N6O. The summed E-state index contributed by atoms with van der Waals surface area (Å²) in [5.41, 5.74) is 3.29. The molecule has 0 bridgehead atoms. The number of ether oxygens (including phenoxy) is 1. The number of aromatic nitrogens is 2. The molecular weight excluding hydrogens is 400 g/mol. The molecule has 170 valence electrons. The van der Waals surface area contributed by atoms with Crippen LogP contribution >= 0.6 is 0 Å². The molecule has 1 aliphatic rings. The Morgan fingerprint density at radius 3 is 2.69 bits per heavy atom. The van der Waals surface area contributed by atoms with Crippen LogP contribution in [0.4, 0.5) is 0 Å². The number of nitrogens with one attached hydrogen (secondary N) is 3. The SMILES string of the molecule is CCNC(=NCC(c1ccccc1OC)N1CCCC1)NCCc1nc2ccccc2[nH]1. The number of hydrogen-bond acceptors (Lipinski definition) is 4. The maximum absolute atomic E-state index is 5.66. The molecule has 0 aliphatic carbocycles. The first-order valence-electron chi connectivity index (χ1n) is 11.6. The Morgan fingerprint density at radius 1 is 1.12 bits per heavy atom. The summed E-state index contributed by atoms with van der Waals surface area (Å²) in [5.74, 6) is 2.75. The van der Waals surface area contributed by atoms with Crippen LogP contribution < -0.4 is 15.4 Å². The van der Waals surface area contributed by atoms with Crippen molar-refractivity contribution in [2.45, 2.75) is 32.2 Å². The number of aromatic amines is 1. The maximum atomic E-state index is 5.66. The van der Waals surface area contributed by atoms with Gasteiger partial charge in [0.1, 0.15) is 11.6 Å². The molecule has 1 atom stereocenters. The summed E-state index contributed by atoms with van der Waals surface area (Å²) in [6, 6.07) is 16.7. The first-order chi connectivity index (χ1) is 15.8.